The van der Waals surface area contributed by atoms with Crippen molar-refractivity contribution in [1.82, 2.24) is 15.2 Å². The third-order valence-corrected chi connectivity index (χ3v) is 4.90. The Morgan fingerprint density at radius 2 is 1.86 bits per heavy atom. The highest BCUT2D eigenvalue weighted by Gasteiger charge is 2.31. The Morgan fingerprint density at radius 3 is 2.54 bits per heavy atom. The van der Waals surface area contributed by atoms with Crippen LogP contribution in [0.25, 0.3) is 0 Å². The highest BCUT2D eigenvalue weighted by molar-refractivity contribution is 5.94. The molecule has 1 unspecified atom stereocenters. The van der Waals surface area contributed by atoms with Crippen molar-refractivity contribution in [3.8, 4) is 0 Å². The van der Waals surface area contributed by atoms with Gasteiger partial charge in [0.25, 0.3) is 5.91 Å². The van der Waals surface area contributed by atoms with Gasteiger partial charge in [0.15, 0.2) is 0 Å². The average Bonchev–Trinajstić information content (AvgIpc) is 2.74. The van der Waals surface area contributed by atoms with Crippen LogP contribution in [0.15, 0.2) is 54.9 Å². The maximum absolute atomic E-state index is 12.7. The van der Waals surface area contributed by atoms with Crippen molar-refractivity contribution >= 4 is 17.8 Å². The zero-order chi connectivity index (χ0) is 19.9. The normalized spacial score (nSPS) is 17.6. The van der Waals surface area contributed by atoms with Crippen molar-refractivity contribution < 1.29 is 19.5 Å². The lowest BCUT2D eigenvalue weighted by Crippen LogP contribution is -2.50. The summed E-state index contributed by atoms with van der Waals surface area (Å²) in [7, 11) is 0. The van der Waals surface area contributed by atoms with E-state index in [4.69, 9.17) is 0 Å². The minimum atomic E-state index is -1.07. The van der Waals surface area contributed by atoms with Crippen LogP contribution in [0.1, 0.15) is 28.8 Å². The molecule has 1 aliphatic rings. The van der Waals surface area contributed by atoms with Gasteiger partial charge in [0.05, 0.1) is 5.92 Å². The summed E-state index contributed by atoms with van der Waals surface area (Å²) in [5.41, 5.74) is 1.37. The molecule has 2 heterocycles. The highest BCUT2D eigenvalue weighted by Crippen LogP contribution is 2.19. The van der Waals surface area contributed by atoms with Crippen LogP contribution in [0.2, 0.25) is 0 Å². The molecule has 1 aromatic heterocycles. The van der Waals surface area contributed by atoms with Crippen LogP contribution >= 0.6 is 0 Å². The number of carboxylic acid groups (broad SMARTS) is 1. The lowest BCUT2D eigenvalue weighted by molar-refractivity contribution is -0.142. The van der Waals surface area contributed by atoms with Crippen LogP contribution in [0, 0.1) is 5.92 Å². The summed E-state index contributed by atoms with van der Waals surface area (Å²) in [6, 6.07) is 11.5. The summed E-state index contributed by atoms with van der Waals surface area (Å²) in [5.74, 6) is -1.95. The summed E-state index contributed by atoms with van der Waals surface area (Å²) in [5, 5.41) is 12.1. The number of hydrogen-bond acceptors (Lipinski definition) is 4. The van der Waals surface area contributed by atoms with Gasteiger partial charge >= 0.3 is 5.97 Å². The Kier molecular flexibility index (Phi) is 6.37. The molecule has 7 heteroatoms. The van der Waals surface area contributed by atoms with E-state index in [1.165, 1.54) is 0 Å². The van der Waals surface area contributed by atoms with Gasteiger partial charge in [0.1, 0.15) is 6.04 Å². The number of nitrogens with one attached hydrogen (secondary N) is 1. The molecule has 2 atom stereocenters. The second-order valence-electron chi connectivity index (χ2n) is 6.92. The fourth-order valence-corrected chi connectivity index (χ4v) is 3.39. The summed E-state index contributed by atoms with van der Waals surface area (Å²) in [4.78, 5) is 42.4. The Labute approximate surface area is 163 Å². The minimum absolute atomic E-state index is 0.140. The van der Waals surface area contributed by atoms with E-state index in [9.17, 15) is 19.5 Å². The van der Waals surface area contributed by atoms with Gasteiger partial charge in [-0.1, -0.05) is 30.3 Å². The average molecular weight is 381 g/mol. The number of piperidine rings is 1. The fourth-order valence-electron chi connectivity index (χ4n) is 3.39. The van der Waals surface area contributed by atoms with E-state index < -0.39 is 17.9 Å². The number of benzene rings is 1. The van der Waals surface area contributed by atoms with Crippen LogP contribution in [0.5, 0.6) is 0 Å². The number of pyridine rings is 1. The lowest BCUT2D eigenvalue weighted by Gasteiger charge is -2.32. The Bertz CT molecular complexity index is 826. The number of hydrogen-bond donors (Lipinski definition) is 2. The van der Waals surface area contributed by atoms with Gasteiger partial charge in [-0.15, -0.1) is 0 Å². The molecule has 146 valence electrons. The smallest absolute Gasteiger partial charge is 0.326 e. The number of carbonyl (C=O) groups excluding carboxylic acids is 2. The molecule has 28 heavy (non-hydrogen) atoms. The molecule has 2 amide bonds. The van der Waals surface area contributed by atoms with E-state index >= 15 is 0 Å². The van der Waals surface area contributed by atoms with Gasteiger partial charge in [-0.2, -0.15) is 0 Å². The standard InChI is InChI=1S/C21H23N3O4/c25-19(23-18(21(27)28)13-15-5-2-1-3-6-15)17-7-4-12-24(14-17)20(26)16-8-10-22-11-9-16/h1-3,5-6,8-11,17-18H,4,7,12-14H2,(H,23,25)(H,27,28)/t17?,18-/m1/s1. The van der Waals surface area contributed by atoms with Gasteiger partial charge in [-0.05, 0) is 30.5 Å². The quantitative estimate of drug-likeness (QED) is 0.794. The molecular weight excluding hydrogens is 358 g/mol. The first-order valence-electron chi connectivity index (χ1n) is 9.31. The summed E-state index contributed by atoms with van der Waals surface area (Å²) in [6.45, 7) is 0.863. The maximum Gasteiger partial charge on any atom is 0.326 e. The number of rotatable bonds is 6. The van der Waals surface area contributed by atoms with Crippen molar-refractivity contribution in [3.63, 3.8) is 0 Å². The molecular formula is C21H23N3O4. The van der Waals surface area contributed by atoms with E-state index in [2.05, 4.69) is 10.3 Å². The molecule has 1 aliphatic heterocycles. The van der Waals surface area contributed by atoms with Crippen LogP contribution in [-0.4, -0.2) is 51.9 Å². The van der Waals surface area contributed by atoms with Gasteiger partial charge < -0.3 is 15.3 Å². The topological polar surface area (TPSA) is 99.6 Å². The Hall–Kier alpha value is -3.22. The van der Waals surface area contributed by atoms with Gasteiger partial charge in [0, 0.05) is 37.5 Å². The number of amides is 2. The van der Waals surface area contributed by atoms with Crippen LogP contribution in [-0.2, 0) is 16.0 Å². The SMILES string of the molecule is O=C(N[C@H](Cc1ccccc1)C(=O)O)C1CCCN(C(=O)c2ccncc2)C1. The molecule has 0 saturated carbocycles. The summed E-state index contributed by atoms with van der Waals surface area (Å²) in [6.07, 6.45) is 4.66. The van der Waals surface area contributed by atoms with Gasteiger partial charge in [-0.25, -0.2) is 4.79 Å². The van der Waals surface area contributed by atoms with Crippen molar-refractivity contribution in [2.24, 2.45) is 5.92 Å². The zero-order valence-corrected chi connectivity index (χ0v) is 15.5. The lowest BCUT2D eigenvalue weighted by atomic mass is 9.95. The van der Waals surface area contributed by atoms with Crippen molar-refractivity contribution in [1.29, 1.82) is 0 Å². The summed E-state index contributed by atoms with van der Waals surface area (Å²) < 4.78 is 0. The molecule has 0 bridgehead atoms. The van der Waals surface area contributed by atoms with E-state index in [-0.39, 0.29) is 24.8 Å². The predicted octanol–water partition coefficient (Wildman–Crippen LogP) is 1.75. The molecule has 1 saturated heterocycles. The van der Waals surface area contributed by atoms with Gasteiger partial charge in [-0.3, -0.25) is 14.6 Å². The molecule has 7 nitrogen and oxygen atoms in total. The van der Waals surface area contributed by atoms with Crippen LogP contribution in [0.4, 0.5) is 0 Å². The number of likely N-dealkylation sites (tertiary alicyclic amines) is 1. The number of carbonyl (C=O) groups is 3. The Balaban J connectivity index is 1.62. The van der Waals surface area contributed by atoms with Crippen molar-refractivity contribution in [2.45, 2.75) is 25.3 Å². The largest absolute Gasteiger partial charge is 0.480 e. The third kappa shape index (κ3) is 4.94. The van der Waals surface area contributed by atoms with Crippen LogP contribution < -0.4 is 5.32 Å². The van der Waals surface area contributed by atoms with E-state index in [0.29, 0.717) is 24.9 Å². The second-order valence-corrected chi connectivity index (χ2v) is 6.92. The molecule has 1 aromatic carbocycles. The third-order valence-electron chi connectivity index (χ3n) is 4.90. The zero-order valence-electron chi connectivity index (χ0n) is 15.5. The Morgan fingerprint density at radius 1 is 1.14 bits per heavy atom. The number of nitrogens with zero attached hydrogens (tertiary/aromatic N) is 2. The minimum Gasteiger partial charge on any atom is -0.480 e. The van der Waals surface area contributed by atoms with Gasteiger partial charge in [0.2, 0.25) is 5.91 Å². The molecule has 3 rings (SSSR count). The second kappa shape index (κ2) is 9.12. The van der Waals surface area contributed by atoms with E-state index in [1.807, 2.05) is 30.3 Å². The van der Waals surface area contributed by atoms with Crippen LogP contribution in [0.3, 0.4) is 0 Å². The molecule has 1 fully saturated rings. The molecule has 0 radical (unpaired) electrons. The van der Waals surface area contributed by atoms with E-state index in [1.54, 1.807) is 29.4 Å². The first-order valence-corrected chi connectivity index (χ1v) is 9.31. The summed E-state index contributed by atoms with van der Waals surface area (Å²) >= 11 is 0. The monoisotopic (exact) mass is 381 g/mol. The molecule has 2 N–H and O–H groups in total. The van der Waals surface area contributed by atoms with E-state index in [0.717, 1.165) is 5.56 Å². The molecule has 2 aromatic rings. The predicted molar refractivity (Wildman–Crippen MR) is 103 cm³/mol. The highest BCUT2D eigenvalue weighted by atomic mass is 16.4. The maximum atomic E-state index is 12.7. The molecule has 0 aliphatic carbocycles. The first-order chi connectivity index (χ1) is 13.5. The van der Waals surface area contributed by atoms with Crippen molar-refractivity contribution in [2.75, 3.05) is 13.1 Å². The fraction of sp³-hybridized carbons (Fsp3) is 0.333. The number of aliphatic carboxylic acids is 1. The first kappa shape index (κ1) is 19.5. The van der Waals surface area contributed by atoms with Crippen molar-refractivity contribution in [3.05, 3.63) is 66.0 Å². The number of aromatic nitrogens is 1. The molecule has 0 spiro atoms. The number of carboxylic acids is 1.